The molecule has 2 rings (SSSR count). The molecule has 1 N–H and O–H groups in total. The van der Waals surface area contributed by atoms with Crippen LogP contribution in [-0.4, -0.2) is 36.4 Å². The van der Waals surface area contributed by atoms with Crippen molar-refractivity contribution in [3.05, 3.63) is 23.2 Å². The van der Waals surface area contributed by atoms with E-state index in [9.17, 15) is 21.6 Å². The standard InChI is InChI=1S/C14H17F3N6O2S2/c1-4-23(5-2)10-6-7-11(19-20-13-18-9(3)26-21-13)12(8-10)22-27(24,25)14(15,16)17/h6-8,22H,4-5H2,1-3H3. The number of halogens is 3. The minimum atomic E-state index is -5.61. The third-order valence-electron chi connectivity index (χ3n) is 3.42. The number of benzene rings is 1. The van der Waals surface area contributed by atoms with Crippen molar-refractivity contribution < 1.29 is 21.6 Å². The van der Waals surface area contributed by atoms with Crippen LogP contribution in [0.25, 0.3) is 0 Å². The highest BCUT2D eigenvalue weighted by Crippen LogP contribution is 2.34. The SMILES string of the molecule is CCN(CC)c1ccc(N=Nc2nsc(C)n2)c(NS(=O)(=O)C(F)(F)F)c1. The summed E-state index contributed by atoms with van der Waals surface area (Å²) in [5.41, 5.74) is -5.35. The molecule has 0 aliphatic heterocycles. The first-order valence-corrected chi connectivity index (χ1v) is 10.0. The van der Waals surface area contributed by atoms with Crippen molar-refractivity contribution in [2.75, 3.05) is 22.7 Å². The van der Waals surface area contributed by atoms with E-state index in [4.69, 9.17) is 0 Å². The first-order chi connectivity index (χ1) is 12.6. The lowest BCUT2D eigenvalue weighted by Crippen LogP contribution is -2.30. The van der Waals surface area contributed by atoms with Gasteiger partial charge < -0.3 is 4.90 Å². The monoisotopic (exact) mass is 422 g/mol. The zero-order valence-corrected chi connectivity index (χ0v) is 16.3. The first-order valence-electron chi connectivity index (χ1n) is 7.77. The second kappa shape index (κ2) is 8.17. The minimum absolute atomic E-state index is 0.0370. The summed E-state index contributed by atoms with van der Waals surface area (Å²) in [5, 5.41) is 8.19. The number of aromatic nitrogens is 2. The Morgan fingerprint density at radius 2 is 1.89 bits per heavy atom. The number of hydrogen-bond acceptors (Lipinski definition) is 8. The molecule has 0 bridgehead atoms. The maximum atomic E-state index is 12.8. The Morgan fingerprint density at radius 3 is 2.41 bits per heavy atom. The van der Waals surface area contributed by atoms with Gasteiger partial charge in [-0.2, -0.15) is 26.0 Å². The third-order valence-corrected chi connectivity index (χ3v) is 5.13. The van der Waals surface area contributed by atoms with Crippen LogP contribution in [0, 0.1) is 6.92 Å². The number of hydrogen-bond donors (Lipinski definition) is 1. The average molecular weight is 422 g/mol. The van der Waals surface area contributed by atoms with Gasteiger partial charge >= 0.3 is 15.5 Å². The van der Waals surface area contributed by atoms with Crippen LogP contribution in [0.1, 0.15) is 18.9 Å². The Morgan fingerprint density at radius 1 is 1.22 bits per heavy atom. The van der Waals surface area contributed by atoms with Crippen LogP contribution >= 0.6 is 11.5 Å². The Labute approximate surface area is 158 Å². The molecular weight excluding hydrogens is 405 g/mol. The van der Waals surface area contributed by atoms with Crippen molar-refractivity contribution in [1.29, 1.82) is 0 Å². The molecule has 8 nitrogen and oxygen atoms in total. The zero-order chi connectivity index (χ0) is 20.2. The minimum Gasteiger partial charge on any atom is -0.372 e. The van der Waals surface area contributed by atoms with Crippen LogP contribution in [0.2, 0.25) is 0 Å². The average Bonchev–Trinajstić information content (AvgIpc) is 2.99. The van der Waals surface area contributed by atoms with E-state index in [1.54, 1.807) is 17.7 Å². The largest absolute Gasteiger partial charge is 0.516 e. The van der Waals surface area contributed by atoms with Crippen LogP contribution in [0.15, 0.2) is 28.4 Å². The normalized spacial score (nSPS) is 12.5. The highest BCUT2D eigenvalue weighted by Gasteiger charge is 2.46. The fraction of sp³-hybridized carbons (Fsp3) is 0.429. The lowest BCUT2D eigenvalue weighted by atomic mass is 10.2. The summed E-state index contributed by atoms with van der Waals surface area (Å²) >= 11 is 1.09. The number of nitrogens with one attached hydrogen (secondary N) is 1. The zero-order valence-electron chi connectivity index (χ0n) is 14.6. The first kappa shape index (κ1) is 21.0. The molecule has 0 atom stereocenters. The van der Waals surface area contributed by atoms with E-state index in [0.717, 1.165) is 11.5 Å². The number of aryl methyl sites for hydroxylation is 1. The molecule has 0 aliphatic rings. The van der Waals surface area contributed by atoms with Gasteiger partial charge in [0.15, 0.2) is 0 Å². The van der Waals surface area contributed by atoms with Crippen LogP contribution < -0.4 is 9.62 Å². The third kappa shape index (κ3) is 5.13. The highest BCUT2D eigenvalue weighted by molar-refractivity contribution is 7.93. The van der Waals surface area contributed by atoms with E-state index < -0.39 is 15.5 Å². The van der Waals surface area contributed by atoms with Gasteiger partial charge in [0.2, 0.25) is 0 Å². The number of anilines is 2. The molecule has 0 unspecified atom stereocenters. The van der Waals surface area contributed by atoms with E-state index in [2.05, 4.69) is 19.6 Å². The van der Waals surface area contributed by atoms with Crippen LogP contribution in [0.5, 0.6) is 0 Å². The van der Waals surface area contributed by atoms with Crippen molar-refractivity contribution in [2.24, 2.45) is 10.2 Å². The predicted molar refractivity (Wildman–Crippen MR) is 97.4 cm³/mol. The Kier molecular flexibility index (Phi) is 6.36. The van der Waals surface area contributed by atoms with Crippen LogP contribution in [0.3, 0.4) is 0 Å². The quantitative estimate of drug-likeness (QED) is 0.668. The summed E-state index contributed by atoms with van der Waals surface area (Å²) in [7, 11) is -5.61. The summed E-state index contributed by atoms with van der Waals surface area (Å²) in [5.74, 6) is 0.0370. The molecule has 0 saturated carbocycles. The molecule has 0 saturated heterocycles. The molecule has 13 heteroatoms. The summed E-state index contributed by atoms with van der Waals surface area (Å²) in [6.45, 7) is 6.62. The smallest absolute Gasteiger partial charge is 0.372 e. The summed E-state index contributed by atoms with van der Waals surface area (Å²) in [4.78, 5) is 5.81. The van der Waals surface area contributed by atoms with Crippen molar-refractivity contribution in [1.82, 2.24) is 9.36 Å². The molecule has 27 heavy (non-hydrogen) atoms. The molecule has 0 radical (unpaired) electrons. The van der Waals surface area contributed by atoms with Crippen molar-refractivity contribution in [2.45, 2.75) is 26.3 Å². The highest BCUT2D eigenvalue weighted by atomic mass is 32.2. The number of rotatable bonds is 7. The van der Waals surface area contributed by atoms with E-state index in [-0.39, 0.29) is 17.3 Å². The van der Waals surface area contributed by atoms with Gasteiger partial charge in [-0.25, -0.2) is 4.98 Å². The Balaban J connectivity index is 2.47. The maximum Gasteiger partial charge on any atom is 0.516 e. The Hall–Kier alpha value is -2.28. The molecule has 1 aromatic carbocycles. The number of azo groups is 1. The summed E-state index contributed by atoms with van der Waals surface area (Å²) in [6, 6.07) is 4.28. The van der Waals surface area contributed by atoms with Gasteiger partial charge in [-0.1, -0.05) is 0 Å². The lowest BCUT2D eigenvalue weighted by molar-refractivity contribution is -0.0429. The van der Waals surface area contributed by atoms with Gasteiger partial charge in [-0.3, -0.25) is 4.72 Å². The van der Waals surface area contributed by atoms with Crippen molar-refractivity contribution in [3.63, 3.8) is 0 Å². The second-order valence-corrected chi connectivity index (χ2v) is 7.87. The molecule has 0 spiro atoms. The second-order valence-electron chi connectivity index (χ2n) is 5.24. The summed E-state index contributed by atoms with van der Waals surface area (Å²) in [6.07, 6.45) is 0. The summed E-state index contributed by atoms with van der Waals surface area (Å²) < 4.78 is 66.8. The lowest BCUT2D eigenvalue weighted by Gasteiger charge is -2.22. The van der Waals surface area contributed by atoms with Gasteiger partial charge in [0.25, 0.3) is 5.95 Å². The molecule has 1 heterocycles. The van der Waals surface area contributed by atoms with E-state index in [1.807, 2.05) is 18.7 Å². The van der Waals surface area contributed by atoms with Gasteiger partial charge in [0.05, 0.1) is 5.69 Å². The van der Waals surface area contributed by atoms with Crippen molar-refractivity contribution in [3.8, 4) is 0 Å². The fourth-order valence-electron chi connectivity index (χ4n) is 2.11. The van der Waals surface area contributed by atoms with Crippen LogP contribution in [-0.2, 0) is 10.0 Å². The Bertz CT molecular complexity index is 923. The maximum absolute atomic E-state index is 12.8. The topological polar surface area (TPSA) is 99.9 Å². The molecule has 0 amide bonds. The van der Waals surface area contributed by atoms with Crippen molar-refractivity contribution >= 4 is 44.6 Å². The number of alkyl halides is 3. The van der Waals surface area contributed by atoms with E-state index in [1.165, 1.54) is 12.1 Å². The molecule has 0 fully saturated rings. The molecular formula is C14H17F3N6O2S2. The molecule has 2 aromatic rings. The molecule has 1 aromatic heterocycles. The molecule has 148 valence electrons. The van der Waals surface area contributed by atoms with E-state index >= 15 is 0 Å². The number of nitrogens with zero attached hydrogens (tertiary/aromatic N) is 5. The van der Waals surface area contributed by atoms with Gasteiger partial charge in [0.1, 0.15) is 10.7 Å². The van der Waals surface area contributed by atoms with Crippen LogP contribution in [0.4, 0.5) is 36.2 Å². The predicted octanol–water partition coefficient (Wildman–Crippen LogP) is 4.37. The van der Waals surface area contributed by atoms with E-state index in [0.29, 0.717) is 23.8 Å². The number of sulfonamides is 1. The fourth-order valence-corrected chi connectivity index (χ4v) is 3.09. The van der Waals surface area contributed by atoms with Gasteiger partial charge in [-0.05, 0) is 50.5 Å². The van der Waals surface area contributed by atoms with Gasteiger partial charge in [0, 0.05) is 18.8 Å². The van der Waals surface area contributed by atoms with Gasteiger partial charge in [-0.15, -0.1) is 10.2 Å². The molecule has 0 aliphatic carbocycles.